The number of phenols is 1. The van der Waals surface area contributed by atoms with Gasteiger partial charge in [0, 0.05) is 6.54 Å². The van der Waals surface area contributed by atoms with Gasteiger partial charge < -0.3 is 9.67 Å². The Morgan fingerprint density at radius 2 is 1.97 bits per heavy atom. The van der Waals surface area contributed by atoms with Crippen molar-refractivity contribution < 1.29 is 14.7 Å². The first-order valence-corrected chi connectivity index (χ1v) is 11.1. The zero-order valence-corrected chi connectivity index (χ0v) is 18.7. The monoisotopic (exact) mass is 463 g/mol. The molecule has 5 rings (SSSR count). The fourth-order valence-corrected chi connectivity index (χ4v) is 4.60. The van der Waals surface area contributed by atoms with E-state index >= 15 is 0 Å². The average Bonchev–Trinajstić information content (AvgIpc) is 3.39. The summed E-state index contributed by atoms with van der Waals surface area (Å²) in [6.07, 6.45) is 1.40. The number of carbonyl (C=O) groups excluding carboxylic acids is 2. The smallest absolute Gasteiger partial charge is 0.281 e. The Morgan fingerprint density at radius 1 is 1.18 bits per heavy atom. The van der Waals surface area contributed by atoms with Crippen LogP contribution in [0.4, 0.5) is 5.82 Å². The zero-order chi connectivity index (χ0) is 23.1. The summed E-state index contributed by atoms with van der Waals surface area (Å²) in [5.74, 6) is 0.908. The summed E-state index contributed by atoms with van der Waals surface area (Å²) >= 11 is 6.06. The van der Waals surface area contributed by atoms with Gasteiger partial charge in [0.15, 0.2) is 23.6 Å². The fourth-order valence-electron chi connectivity index (χ4n) is 4.40. The Morgan fingerprint density at radius 3 is 2.67 bits per heavy atom. The largest absolute Gasteiger partial charge is 0.506 e. The van der Waals surface area contributed by atoms with Gasteiger partial charge in [0.05, 0.1) is 24.2 Å². The summed E-state index contributed by atoms with van der Waals surface area (Å²) in [6, 6.07) is 14.9. The lowest BCUT2D eigenvalue weighted by Gasteiger charge is -2.33. The Kier molecular flexibility index (Phi) is 5.38. The second-order valence-electron chi connectivity index (χ2n) is 8.06. The number of anilines is 1. The lowest BCUT2D eigenvalue weighted by molar-refractivity contribution is 0.0836. The van der Waals surface area contributed by atoms with E-state index in [0.29, 0.717) is 36.8 Å². The van der Waals surface area contributed by atoms with E-state index in [1.54, 1.807) is 21.6 Å². The van der Waals surface area contributed by atoms with Crippen molar-refractivity contribution >= 4 is 35.6 Å². The van der Waals surface area contributed by atoms with Crippen LogP contribution < -0.4 is 4.90 Å². The standard InChI is InChI=1S/C24H22ClN5O3/c1-2-28-23(33)21-22(30-13-17(26-24(28)30)10-15-6-4-3-5-7-15)27-20(14-31)29(21)12-16-8-9-19(32)18(25)11-16/h3-9,11,14,17,32H,2,10,12-13H2,1H3. The van der Waals surface area contributed by atoms with Crippen LogP contribution >= 0.6 is 11.6 Å². The zero-order valence-electron chi connectivity index (χ0n) is 18.0. The number of hydrogen-bond acceptors (Lipinski definition) is 6. The van der Waals surface area contributed by atoms with Crippen LogP contribution in [0.5, 0.6) is 5.75 Å². The van der Waals surface area contributed by atoms with Crippen molar-refractivity contribution in [2.45, 2.75) is 25.9 Å². The topological polar surface area (TPSA) is 91.0 Å². The number of imidazole rings is 1. The molecule has 2 aliphatic heterocycles. The molecular weight excluding hydrogens is 442 g/mol. The van der Waals surface area contributed by atoms with Crippen molar-refractivity contribution in [3.05, 3.63) is 76.2 Å². The molecule has 8 nitrogen and oxygen atoms in total. The van der Waals surface area contributed by atoms with Crippen LogP contribution in [-0.2, 0) is 13.0 Å². The van der Waals surface area contributed by atoms with Crippen molar-refractivity contribution in [2.75, 3.05) is 18.0 Å². The minimum atomic E-state index is -0.242. The quantitative estimate of drug-likeness (QED) is 0.566. The molecule has 33 heavy (non-hydrogen) atoms. The van der Waals surface area contributed by atoms with E-state index in [4.69, 9.17) is 16.6 Å². The number of carbonyl (C=O) groups is 2. The van der Waals surface area contributed by atoms with Gasteiger partial charge in [-0.15, -0.1) is 0 Å². The molecule has 0 saturated heterocycles. The number of aromatic hydroxyl groups is 1. The Hall–Kier alpha value is -3.65. The van der Waals surface area contributed by atoms with Gasteiger partial charge in [0.2, 0.25) is 5.96 Å². The highest BCUT2D eigenvalue weighted by Crippen LogP contribution is 2.34. The van der Waals surface area contributed by atoms with Crippen LogP contribution in [0.2, 0.25) is 5.02 Å². The predicted molar refractivity (Wildman–Crippen MR) is 125 cm³/mol. The number of halogens is 1. The summed E-state index contributed by atoms with van der Waals surface area (Å²) in [5, 5.41) is 9.92. The predicted octanol–water partition coefficient (Wildman–Crippen LogP) is 3.37. The summed E-state index contributed by atoms with van der Waals surface area (Å²) in [6.45, 7) is 3.13. The lowest BCUT2D eigenvalue weighted by Crippen LogP contribution is -2.50. The first-order valence-electron chi connectivity index (χ1n) is 10.7. The second kappa shape index (κ2) is 8.37. The molecule has 2 aromatic carbocycles. The molecule has 1 unspecified atom stereocenters. The second-order valence-corrected chi connectivity index (χ2v) is 8.47. The van der Waals surface area contributed by atoms with Crippen molar-refractivity contribution in [2.24, 2.45) is 4.99 Å². The highest BCUT2D eigenvalue weighted by molar-refractivity contribution is 6.32. The number of rotatable bonds is 6. The average molecular weight is 464 g/mol. The molecule has 3 heterocycles. The Bertz CT molecular complexity index is 1270. The summed E-state index contributed by atoms with van der Waals surface area (Å²) in [4.78, 5) is 38.3. The summed E-state index contributed by atoms with van der Waals surface area (Å²) in [5.41, 5.74) is 2.26. The number of amides is 1. The molecule has 0 bridgehead atoms. The van der Waals surface area contributed by atoms with Crippen molar-refractivity contribution in [3.8, 4) is 5.75 Å². The molecule has 3 aromatic rings. The molecule has 1 N–H and O–H groups in total. The van der Waals surface area contributed by atoms with Gasteiger partial charge in [-0.05, 0) is 36.6 Å². The van der Waals surface area contributed by atoms with E-state index < -0.39 is 0 Å². The molecule has 0 radical (unpaired) electrons. The third kappa shape index (κ3) is 3.66. The maximum Gasteiger partial charge on any atom is 0.281 e. The number of guanidine groups is 1. The van der Waals surface area contributed by atoms with Gasteiger partial charge in [-0.1, -0.05) is 48.0 Å². The summed E-state index contributed by atoms with van der Waals surface area (Å²) < 4.78 is 1.61. The number of aldehydes is 1. The van der Waals surface area contributed by atoms with E-state index in [2.05, 4.69) is 17.1 Å². The molecule has 0 fully saturated rings. The molecule has 0 spiro atoms. The third-order valence-corrected chi connectivity index (χ3v) is 6.25. The van der Waals surface area contributed by atoms with Crippen LogP contribution in [0.25, 0.3) is 0 Å². The number of aliphatic imine (C=N–C) groups is 1. The molecule has 1 atom stereocenters. The Balaban J connectivity index is 1.53. The normalized spacial score (nSPS) is 17.1. The van der Waals surface area contributed by atoms with Gasteiger partial charge in [0.1, 0.15) is 5.75 Å². The first kappa shape index (κ1) is 21.2. The van der Waals surface area contributed by atoms with Crippen LogP contribution in [0.15, 0.2) is 53.5 Å². The number of nitrogens with zero attached hydrogens (tertiary/aromatic N) is 5. The third-order valence-electron chi connectivity index (χ3n) is 5.94. The van der Waals surface area contributed by atoms with Crippen molar-refractivity contribution in [1.82, 2.24) is 14.5 Å². The van der Waals surface area contributed by atoms with E-state index in [9.17, 15) is 14.7 Å². The molecule has 168 valence electrons. The molecule has 2 aliphatic rings. The van der Waals surface area contributed by atoms with Gasteiger partial charge >= 0.3 is 0 Å². The number of fused-ring (bicyclic) bond motifs is 3. The van der Waals surface area contributed by atoms with E-state index in [-0.39, 0.29) is 35.1 Å². The summed E-state index contributed by atoms with van der Waals surface area (Å²) in [7, 11) is 0. The number of aromatic nitrogens is 2. The van der Waals surface area contributed by atoms with Crippen molar-refractivity contribution in [3.63, 3.8) is 0 Å². The van der Waals surface area contributed by atoms with Gasteiger partial charge in [0.25, 0.3) is 5.91 Å². The molecule has 0 aliphatic carbocycles. The van der Waals surface area contributed by atoms with Crippen LogP contribution in [-0.4, -0.2) is 56.8 Å². The van der Waals surface area contributed by atoms with Crippen LogP contribution in [0, 0.1) is 0 Å². The molecule has 1 amide bonds. The molecular formula is C24H22ClN5O3. The maximum atomic E-state index is 13.5. The van der Waals surface area contributed by atoms with Gasteiger partial charge in [-0.25, -0.2) is 9.98 Å². The molecule has 9 heteroatoms. The highest BCUT2D eigenvalue weighted by Gasteiger charge is 2.43. The number of hydrogen-bond donors (Lipinski definition) is 1. The van der Waals surface area contributed by atoms with Crippen LogP contribution in [0.1, 0.15) is 39.2 Å². The Labute approximate surface area is 195 Å². The van der Waals surface area contributed by atoms with Crippen LogP contribution in [0.3, 0.4) is 0 Å². The minimum Gasteiger partial charge on any atom is -0.506 e. The molecule has 0 saturated carbocycles. The SMILES string of the molecule is CCN1C(=O)c2c(nc(C=O)n2Cc2ccc(O)c(Cl)c2)N2CC(Cc3ccccc3)N=C12. The first-order chi connectivity index (χ1) is 16.0. The number of benzene rings is 2. The highest BCUT2D eigenvalue weighted by atomic mass is 35.5. The van der Waals surface area contributed by atoms with E-state index in [1.165, 1.54) is 11.6 Å². The van der Waals surface area contributed by atoms with Gasteiger partial charge in [-0.2, -0.15) is 0 Å². The maximum absolute atomic E-state index is 13.5. The minimum absolute atomic E-state index is 0.0284. The van der Waals surface area contributed by atoms with Gasteiger partial charge in [-0.3, -0.25) is 19.4 Å². The van der Waals surface area contributed by atoms with Crippen molar-refractivity contribution in [1.29, 1.82) is 0 Å². The molecule has 1 aromatic heterocycles. The lowest BCUT2D eigenvalue weighted by atomic mass is 10.1. The number of phenolic OH excluding ortho intramolecular Hbond substituents is 1. The fraction of sp³-hybridized carbons (Fsp3) is 0.250. The van der Waals surface area contributed by atoms with E-state index in [0.717, 1.165) is 12.0 Å². The van der Waals surface area contributed by atoms with E-state index in [1.807, 2.05) is 30.0 Å².